The molecule has 0 spiro atoms. The van der Waals surface area contributed by atoms with Crippen molar-refractivity contribution in [3.63, 3.8) is 0 Å². The summed E-state index contributed by atoms with van der Waals surface area (Å²) >= 11 is 0. The van der Waals surface area contributed by atoms with Crippen molar-refractivity contribution in [2.45, 2.75) is 40.5 Å². The van der Waals surface area contributed by atoms with Gasteiger partial charge in [0.15, 0.2) is 0 Å². The van der Waals surface area contributed by atoms with E-state index in [4.69, 9.17) is 5.73 Å². The molecule has 2 atom stereocenters. The van der Waals surface area contributed by atoms with Gasteiger partial charge in [-0.25, -0.2) is 8.42 Å². The molecule has 0 aromatic heterocycles. The molecule has 0 aliphatic heterocycles. The molecule has 0 fully saturated rings. The summed E-state index contributed by atoms with van der Waals surface area (Å²) in [5, 5.41) is 4.79. The fourth-order valence-corrected chi connectivity index (χ4v) is 1.54. The zero-order valence-corrected chi connectivity index (χ0v) is 18.4. The molecule has 4 N–H and O–H groups in total. The summed E-state index contributed by atoms with van der Waals surface area (Å²) in [5.41, 5.74) is 4.83. The molecule has 25 heavy (non-hydrogen) atoms. The van der Waals surface area contributed by atoms with Gasteiger partial charge in [-0.1, -0.05) is 27.7 Å². The van der Waals surface area contributed by atoms with E-state index >= 15 is 0 Å². The van der Waals surface area contributed by atoms with Crippen LogP contribution in [0.25, 0.3) is 0 Å². The second-order valence-electron chi connectivity index (χ2n) is 5.36. The summed E-state index contributed by atoms with van der Waals surface area (Å²) in [6.45, 7) is 7.14. The van der Waals surface area contributed by atoms with Crippen molar-refractivity contribution in [2.75, 3.05) is 18.8 Å². The van der Waals surface area contributed by atoms with Gasteiger partial charge < -0.3 is 20.9 Å². The van der Waals surface area contributed by atoms with Gasteiger partial charge in [0.2, 0.25) is 17.7 Å². The largest absolute Gasteiger partial charge is 1.00 e. The van der Waals surface area contributed by atoms with Crippen molar-refractivity contribution in [3.8, 4) is 0 Å². The first-order chi connectivity index (χ1) is 10.9. The van der Waals surface area contributed by atoms with Crippen LogP contribution in [0.5, 0.6) is 0 Å². The molecule has 0 radical (unpaired) electrons. The topological polar surface area (TPSA) is 158 Å². The van der Waals surface area contributed by atoms with Crippen LogP contribution >= 0.6 is 0 Å². The number of nitrogens with two attached hydrogens (primary N) is 1. The molecule has 9 nitrogen and oxygen atoms in total. The number of carbonyl (C=O) groups is 3. The molecule has 2 unspecified atom stereocenters. The Morgan fingerprint density at radius 1 is 1.00 bits per heavy atom. The summed E-state index contributed by atoms with van der Waals surface area (Å²) < 4.78 is 30.4. The Balaban J connectivity index is -0.000000377. The van der Waals surface area contributed by atoms with Gasteiger partial charge in [0.1, 0.15) is 0 Å². The third-order valence-corrected chi connectivity index (χ3v) is 3.91. The maximum atomic E-state index is 11.1. The summed E-state index contributed by atoms with van der Waals surface area (Å²) in [6, 6.07) is 0. The Morgan fingerprint density at radius 3 is 1.72 bits per heavy atom. The average Bonchev–Trinajstić information content (AvgIpc) is 2.49. The standard InChI is InChI=1S/C7H14N2O2.C7H15NO4S.Na/c1-3-5(2)7(11)9-4-6(8)10;1-3-6(2)7(9)8-4-5-13(10,11)12;/h5H,3-4H2,1-2H3,(H2,8,10)(H,9,11);6H,3-5H2,1-2H3,(H,8,9)(H,10,11,12);/q;;+1/p-1. The second-order valence-corrected chi connectivity index (χ2v) is 6.88. The minimum atomic E-state index is -4.22. The van der Waals surface area contributed by atoms with Crippen LogP contribution in [0, 0.1) is 11.8 Å². The fourth-order valence-electron chi connectivity index (χ4n) is 1.19. The third kappa shape index (κ3) is 19.5. The van der Waals surface area contributed by atoms with Gasteiger partial charge in [0, 0.05) is 18.4 Å². The zero-order valence-electron chi connectivity index (χ0n) is 15.6. The van der Waals surface area contributed by atoms with Crippen LogP contribution < -0.4 is 45.9 Å². The number of hydrogen-bond donors (Lipinski definition) is 3. The first-order valence-corrected chi connectivity index (χ1v) is 9.29. The van der Waals surface area contributed by atoms with Crippen LogP contribution in [-0.4, -0.2) is 49.5 Å². The predicted octanol–water partition coefficient (Wildman–Crippen LogP) is -3.67. The Bertz CT molecular complexity index is 513. The average molecular weight is 389 g/mol. The first kappa shape index (κ1) is 29.1. The van der Waals surface area contributed by atoms with Crippen molar-refractivity contribution >= 4 is 27.8 Å². The van der Waals surface area contributed by atoms with E-state index in [-0.39, 0.29) is 66.3 Å². The molecule has 0 heterocycles. The Kier molecular flexibility index (Phi) is 18.1. The van der Waals surface area contributed by atoms with E-state index in [2.05, 4.69) is 10.6 Å². The van der Waals surface area contributed by atoms with Crippen molar-refractivity contribution in [1.82, 2.24) is 10.6 Å². The van der Waals surface area contributed by atoms with Gasteiger partial charge in [-0.05, 0) is 12.8 Å². The van der Waals surface area contributed by atoms with Gasteiger partial charge in [-0.2, -0.15) is 0 Å². The number of carbonyl (C=O) groups excluding carboxylic acids is 3. The van der Waals surface area contributed by atoms with Gasteiger partial charge in [-0.15, -0.1) is 0 Å². The molecule has 3 amide bonds. The van der Waals surface area contributed by atoms with Crippen molar-refractivity contribution in [1.29, 1.82) is 0 Å². The van der Waals surface area contributed by atoms with E-state index in [1.54, 1.807) is 13.8 Å². The normalized spacial score (nSPS) is 12.5. The van der Waals surface area contributed by atoms with E-state index in [0.717, 1.165) is 6.42 Å². The monoisotopic (exact) mass is 389 g/mol. The smallest absolute Gasteiger partial charge is 0.748 e. The summed E-state index contributed by atoms with van der Waals surface area (Å²) in [5.74, 6) is -1.59. The van der Waals surface area contributed by atoms with Gasteiger partial charge >= 0.3 is 29.6 Å². The van der Waals surface area contributed by atoms with Crippen LogP contribution in [0.4, 0.5) is 0 Å². The first-order valence-electron chi connectivity index (χ1n) is 7.71. The minimum Gasteiger partial charge on any atom is -0.748 e. The maximum Gasteiger partial charge on any atom is 1.00 e. The Hall–Kier alpha value is -0.680. The van der Waals surface area contributed by atoms with E-state index in [9.17, 15) is 27.4 Å². The molecule has 0 aromatic carbocycles. The number of nitrogens with one attached hydrogen (secondary N) is 2. The van der Waals surface area contributed by atoms with E-state index in [1.165, 1.54) is 0 Å². The Labute approximate surface area is 171 Å². The minimum absolute atomic E-state index is 0. The van der Waals surface area contributed by atoms with Crippen LogP contribution in [0.15, 0.2) is 0 Å². The molecule has 0 aliphatic carbocycles. The second kappa shape index (κ2) is 15.6. The van der Waals surface area contributed by atoms with Crippen molar-refractivity contribution in [3.05, 3.63) is 0 Å². The van der Waals surface area contributed by atoms with Gasteiger partial charge in [0.25, 0.3) is 0 Å². The van der Waals surface area contributed by atoms with E-state index in [1.807, 2.05) is 13.8 Å². The summed E-state index contributed by atoms with van der Waals surface area (Å²) in [6.07, 6.45) is 1.46. The summed E-state index contributed by atoms with van der Waals surface area (Å²) in [4.78, 5) is 32.2. The number of hydrogen-bond acceptors (Lipinski definition) is 6. The molecule has 0 aromatic rings. The molecule has 0 rings (SSSR count). The van der Waals surface area contributed by atoms with Crippen LogP contribution in [-0.2, 0) is 24.5 Å². The van der Waals surface area contributed by atoms with Crippen LogP contribution in [0.2, 0.25) is 0 Å². The molecular formula is C14H28N3NaO6S. The molecule has 0 bridgehead atoms. The molecule has 11 heteroatoms. The molecular weight excluding hydrogens is 361 g/mol. The van der Waals surface area contributed by atoms with Crippen LogP contribution in [0.3, 0.4) is 0 Å². The molecule has 0 saturated carbocycles. The molecule has 0 aliphatic rings. The SMILES string of the molecule is CCC(C)C(=O)NCC(N)=O.CCC(C)C(=O)NCCS(=O)(=O)[O-].[Na+]. The molecule has 0 saturated heterocycles. The van der Waals surface area contributed by atoms with E-state index in [0.29, 0.717) is 6.42 Å². The number of rotatable bonds is 9. The summed E-state index contributed by atoms with van der Waals surface area (Å²) in [7, 11) is -4.22. The fraction of sp³-hybridized carbons (Fsp3) is 0.786. The van der Waals surface area contributed by atoms with Crippen LogP contribution in [0.1, 0.15) is 40.5 Å². The van der Waals surface area contributed by atoms with E-state index < -0.39 is 21.8 Å². The van der Waals surface area contributed by atoms with Gasteiger partial charge in [0.05, 0.1) is 22.4 Å². The van der Waals surface area contributed by atoms with Crippen molar-refractivity contribution in [2.24, 2.45) is 17.6 Å². The maximum absolute atomic E-state index is 11.1. The third-order valence-electron chi connectivity index (χ3n) is 3.21. The Morgan fingerprint density at radius 2 is 1.40 bits per heavy atom. The number of amides is 3. The number of primary amides is 1. The van der Waals surface area contributed by atoms with Crippen molar-refractivity contribution < 1.29 is 56.9 Å². The predicted molar refractivity (Wildman–Crippen MR) is 88.7 cm³/mol. The molecule has 142 valence electrons. The quantitative estimate of drug-likeness (QED) is 0.272. The zero-order chi connectivity index (χ0) is 19.3. The van der Waals surface area contributed by atoms with Gasteiger partial charge in [-0.3, -0.25) is 14.4 Å².